The molecule has 0 aliphatic carbocycles. The van der Waals surface area contributed by atoms with Crippen LogP contribution in [0.5, 0.6) is 0 Å². The maximum Gasteiger partial charge on any atom is 0.234 e. The highest BCUT2D eigenvalue weighted by molar-refractivity contribution is 7.18. The molecule has 1 aliphatic rings. The van der Waals surface area contributed by atoms with E-state index >= 15 is 0 Å². The first-order chi connectivity index (χ1) is 11.1. The van der Waals surface area contributed by atoms with Gasteiger partial charge in [-0.25, -0.2) is 4.98 Å². The molecule has 0 spiro atoms. The van der Waals surface area contributed by atoms with Crippen LogP contribution in [0.4, 0.5) is 0 Å². The molecule has 0 saturated carbocycles. The van der Waals surface area contributed by atoms with Gasteiger partial charge in [-0.15, -0.1) is 11.3 Å². The number of rotatable bonds is 5. The molecule has 0 bridgehead atoms. The summed E-state index contributed by atoms with van der Waals surface area (Å²) in [6, 6.07) is 8.44. The van der Waals surface area contributed by atoms with Gasteiger partial charge in [0.1, 0.15) is 0 Å². The third-order valence-electron chi connectivity index (χ3n) is 4.19. The van der Waals surface area contributed by atoms with Gasteiger partial charge in [-0.1, -0.05) is 19.1 Å². The Balaban J connectivity index is 1.51. The number of morpholine rings is 1. The van der Waals surface area contributed by atoms with Crippen LogP contribution in [0.2, 0.25) is 0 Å². The molecule has 1 fully saturated rings. The van der Waals surface area contributed by atoms with Crippen molar-refractivity contribution in [3.63, 3.8) is 0 Å². The summed E-state index contributed by atoms with van der Waals surface area (Å²) in [6.45, 7) is 7.50. The van der Waals surface area contributed by atoms with Gasteiger partial charge in [-0.3, -0.25) is 9.69 Å². The third-order valence-corrected chi connectivity index (χ3v) is 5.46. The average molecular weight is 333 g/mol. The first kappa shape index (κ1) is 16.4. The van der Waals surface area contributed by atoms with E-state index in [0.29, 0.717) is 32.3 Å². The zero-order chi connectivity index (χ0) is 16.2. The molecule has 23 heavy (non-hydrogen) atoms. The van der Waals surface area contributed by atoms with Crippen molar-refractivity contribution in [1.82, 2.24) is 15.2 Å². The van der Waals surface area contributed by atoms with Crippen molar-refractivity contribution >= 4 is 27.5 Å². The molecule has 1 aromatic carbocycles. The molecule has 2 aromatic rings. The van der Waals surface area contributed by atoms with E-state index in [1.165, 1.54) is 4.70 Å². The van der Waals surface area contributed by atoms with Gasteiger partial charge in [-0.05, 0) is 19.1 Å². The fourth-order valence-electron chi connectivity index (χ4n) is 2.69. The molecule has 1 aromatic heterocycles. The molecule has 3 rings (SSSR count). The minimum atomic E-state index is 0.0757. The lowest BCUT2D eigenvalue weighted by Crippen LogP contribution is -2.48. The van der Waals surface area contributed by atoms with Gasteiger partial charge in [0.05, 0.1) is 35.0 Å². The Morgan fingerprint density at radius 2 is 2.35 bits per heavy atom. The van der Waals surface area contributed by atoms with Crippen molar-refractivity contribution in [2.45, 2.75) is 25.8 Å². The van der Waals surface area contributed by atoms with Crippen LogP contribution in [-0.2, 0) is 9.53 Å². The van der Waals surface area contributed by atoms with Crippen LogP contribution in [0.1, 0.15) is 24.8 Å². The highest BCUT2D eigenvalue weighted by Gasteiger charge is 2.21. The van der Waals surface area contributed by atoms with Crippen molar-refractivity contribution in [1.29, 1.82) is 0 Å². The largest absolute Gasteiger partial charge is 0.379 e. The second-order valence-electron chi connectivity index (χ2n) is 6.12. The minimum absolute atomic E-state index is 0.0757. The van der Waals surface area contributed by atoms with Crippen molar-refractivity contribution in [3.05, 3.63) is 29.3 Å². The van der Waals surface area contributed by atoms with Gasteiger partial charge < -0.3 is 10.1 Å². The van der Waals surface area contributed by atoms with Gasteiger partial charge in [-0.2, -0.15) is 0 Å². The summed E-state index contributed by atoms with van der Waals surface area (Å²) < 4.78 is 6.60. The molecule has 2 heterocycles. The molecule has 5 nitrogen and oxygen atoms in total. The van der Waals surface area contributed by atoms with Crippen molar-refractivity contribution < 1.29 is 9.53 Å². The van der Waals surface area contributed by atoms with Crippen LogP contribution in [0, 0.1) is 0 Å². The van der Waals surface area contributed by atoms with Crippen LogP contribution in [0.3, 0.4) is 0 Å². The summed E-state index contributed by atoms with van der Waals surface area (Å²) in [6.07, 6.45) is 0. The van der Waals surface area contributed by atoms with Crippen molar-refractivity contribution in [3.8, 4) is 0 Å². The molecule has 1 aliphatic heterocycles. The Morgan fingerprint density at radius 1 is 1.52 bits per heavy atom. The third kappa shape index (κ3) is 4.07. The molecular weight excluding hydrogens is 310 g/mol. The van der Waals surface area contributed by atoms with E-state index in [1.54, 1.807) is 11.3 Å². The first-order valence-electron chi connectivity index (χ1n) is 8.07. The van der Waals surface area contributed by atoms with Crippen LogP contribution >= 0.6 is 11.3 Å². The summed E-state index contributed by atoms with van der Waals surface area (Å²) in [7, 11) is 0. The number of nitrogens with one attached hydrogen (secondary N) is 1. The van der Waals surface area contributed by atoms with E-state index in [1.807, 2.05) is 18.2 Å². The Labute approximate surface area is 140 Å². The first-order valence-corrected chi connectivity index (χ1v) is 8.89. The molecule has 124 valence electrons. The number of thiazole rings is 1. The number of fused-ring (bicyclic) bond motifs is 1. The van der Waals surface area contributed by atoms with Gasteiger partial charge in [0.2, 0.25) is 5.91 Å². The predicted octanol–water partition coefficient (Wildman–Crippen LogP) is 2.24. The molecule has 1 saturated heterocycles. The van der Waals surface area contributed by atoms with Gasteiger partial charge in [0.25, 0.3) is 0 Å². The predicted molar refractivity (Wildman–Crippen MR) is 92.9 cm³/mol. The Hall–Kier alpha value is -1.50. The second kappa shape index (κ2) is 7.38. The van der Waals surface area contributed by atoms with Gasteiger partial charge in [0.15, 0.2) is 0 Å². The number of nitrogens with zero attached hydrogens (tertiary/aromatic N) is 2. The lowest BCUT2D eigenvalue weighted by atomic mass is 10.2. The fraction of sp³-hybridized carbons (Fsp3) is 0.529. The molecule has 1 N–H and O–H groups in total. The van der Waals surface area contributed by atoms with Crippen LogP contribution < -0.4 is 5.32 Å². The molecular formula is C17H23N3O2S. The number of carbonyl (C=O) groups is 1. The number of hydrogen-bond acceptors (Lipinski definition) is 5. The zero-order valence-corrected chi connectivity index (χ0v) is 14.4. The van der Waals surface area contributed by atoms with Crippen molar-refractivity contribution in [2.24, 2.45) is 0 Å². The van der Waals surface area contributed by atoms with E-state index in [-0.39, 0.29) is 11.8 Å². The summed E-state index contributed by atoms with van der Waals surface area (Å²) in [5, 5.41) is 4.11. The SMILES string of the molecule is CC(CNC(=O)CN1CCOCC1C)c1nc2ccccc2s1. The number of ether oxygens (including phenoxy) is 1. The van der Waals surface area contributed by atoms with E-state index in [0.717, 1.165) is 17.1 Å². The standard InChI is InChI=1S/C17H23N3O2S/c1-12(17-19-14-5-3-4-6-15(14)23-17)9-18-16(21)10-20-7-8-22-11-13(20)2/h3-6,12-13H,7-11H2,1-2H3,(H,18,21). The maximum absolute atomic E-state index is 12.2. The van der Waals surface area contributed by atoms with E-state index in [2.05, 4.69) is 35.1 Å². The normalized spacial score (nSPS) is 20.5. The minimum Gasteiger partial charge on any atom is -0.379 e. The molecule has 1 amide bonds. The summed E-state index contributed by atoms with van der Waals surface area (Å²) in [5.74, 6) is 0.296. The average Bonchev–Trinajstić information content (AvgIpc) is 2.99. The lowest BCUT2D eigenvalue weighted by Gasteiger charge is -2.32. The van der Waals surface area contributed by atoms with Crippen molar-refractivity contribution in [2.75, 3.05) is 32.8 Å². The molecule has 2 atom stereocenters. The molecule has 2 unspecified atom stereocenters. The van der Waals surface area contributed by atoms with E-state index in [4.69, 9.17) is 4.74 Å². The number of aromatic nitrogens is 1. The highest BCUT2D eigenvalue weighted by atomic mass is 32.1. The van der Waals surface area contributed by atoms with Crippen LogP contribution in [-0.4, -0.2) is 54.7 Å². The van der Waals surface area contributed by atoms with Crippen LogP contribution in [0.25, 0.3) is 10.2 Å². The number of benzene rings is 1. The molecule has 0 radical (unpaired) electrons. The van der Waals surface area contributed by atoms with Crippen LogP contribution in [0.15, 0.2) is 24.3 Å². The van der Waals surface area contributed by atoms with E-state index < -0.39 is 0 Å². The topological polar surface area (TPSA) is 54.5 Å². The quantitative estimate of drug-likeness (QED) is 0.912. The monoisotopic (exact) mass is 333 g/mol. The maximum atomic E-state index is 12.2. The van der Waals surface area contributed by atoms with Gasteiger partial charge >= 0.3 is 0 Å². The number of hydrogen-bond donors (Lipinski definition) is 1. The number of para-hydroxylation sites is 1. The fourth-order valence-corrected chi connectivity index (χ4v) is 3.71. The Morgan fingerprint density at radius 3 is 3.13 bits per heavy atom. The lowest BCUT2D eigenvalue weighted by molar-refractivity contribution is -0.124. The smallest absolute Gasteiger partial charge is 0.234 e. The molecule has 6 heteroatoms. The summed E-state index contributed by atoms with van der Waals surface area (Å²) in [5.41, 5.74) is 1.04. The summed E-state index contributed by atoms with van der Waals surface area (Å²) in [4.78, 5) is 19.0. The summed E-state index contributed by atoms with van der Waals surface area (Å²) >= 11 is 1.70. The highest BCUT2D eigenvalue weighted by Crippen LogP contribution is 2.26. The number of amides is 1. The zero-order valence-electron chi connectivity index (χ0n) is 13.6. The number of carbonyl (C=O) groups excluding carboxylic acids is 1. The Kier molecular flexibility index (Phi) is 5.25. The van der Waals surface area contributed by atoms with E-state index in [9.17, 15) is 4.79 Å². The Bertz CT molecular complexity index is 640. The van der Waals surface area contributed by atoms with Gasteiger partial charge in [0, 0.05) is 25.0 Å². The second-order valence-corrected chi connectivity index (χ2v) is 7.18.